The number of fused-ring (bicyclic) bond motifs is 1. The third-order valence-corrected chi connectivity index (χ3v) is 3.13. The zero-order valence-corrected chi connectivity index (χ0v) is 7.70. The molecule has 0 aliphatic carbocycles. The van der Waals surface area contributed by atoms with Crippen molar-refractivity contribution in [2.45, 2.75) is 18.9 Å². The highest BCUT2D eigenvalue weighted by Gasteiger charge is 2.35. The summed E-state index contributed by atoms with van der Waals surface area (Å²) in [6, 6.07) is 0.477. The summed E-state index contributed by atoms with van der Waals surface area (Å²) >= 11 is 0. The van der Waals surface area contributed by atoms with Crippen molar-refractivity contribution in [3.05, 3.63) is 0 Å². The number of piperidine rings is 1. The molecule has 2 atom stereocenters. The van der Waals surface area contributed by atoms with E-state index in [1.807, 2.05) is 0 Å². The Morgan fingerprint density at radius 3 is 3.15 bits per heavy atom. The molecule has 2 N–H and O–H groups in total. The third-order valence-electron chi connectivity index (χ3n) is 3.13. The lowest BCUT2D eigenvalue weighted by atomic mass is 9.92. The molecular formula is C9H16N2O2. The monoisotopic (exact) mass is 184 g/mol. The Hall–Kier alpha value is -0.610. The van der Waals surface area contributed by atoms with Gasteiger partial charge in [0.05, 0.1) is 6.54 Å². The van der Waals surface area contributed by atoms with E-state index in [-0.39, 0.29) is 6.54 Å². The van der Waals surface area contributed by atoms with Crippen LogP contribution in [0.4, 0.5) is 0 Å². The molecule has 0 radical (unpaired) electrons. The van der Waals surface area contributed by atoms with Gasteiger partial charge < -0.3 is 10.4 Å². The number of likely N-dealkylation sites (tertiary alicyclic amines) is 1. The summed E-state index contributed by atoms with van der Waals surface area (Å²) in [5, 5.41) is 12.1. The van der Waals surface area contributed by atoms with Gasteiger partial charge in [-0.05, 0) is 31.8 Å². The quantitative estimate of drug-likeness (QED) is 0.621. The molecule has 0 aromatic heterocycles. The van der Waals surface area contributed by atoms with Crippen LogP contribution < -0.4 is 5.32 Å². The van der Waals surface area contributed by atoms with Crippen LogP contribution in [0.25, 0.3) is 0 Å². The van der Waals surface area contributed by atoms with Crippen LogP contribution in [0.3, 0.4) is 0 Å². The van der Waals surface area contributed by atoms with Crippen molar-refractivity contribution in [3.8, 4) is 0 Å². The SMILES string of the molecule is O=C(O)CN1CCCC2CNCC21. The molecule has 0 amide bonds. The van der Waals surface area contributed by atoms with Crippen LogP contribution in [0.2, 0.25) is 0 Å². The Balaban J connectivity index is 1.97. The highest BCUT2D eigenvalue weighted by Crippen LogP contribution is 2.25. The Kier molecular flexibility index (Phi) is 2.51. The Labute approximate surface area is 77.9 Å². The first-order valence-electron chi connectivity index (χ1n) is 4.94. The van der Waals surface area contributed by atoms with Crippen molar-refractivity contribution in [1.29, 1.82) is 0 Å². The van der Waals surface area contributed by atoms with Gasteiger partial charge in [0.15, 0.2) is 0 Å². The number of hydrogen-bond donors (Lipinski definition) is 2. The molecule has 2 heterocycles. The third kappa shape index (κ3) is 1.84. The normalized spacial score (nSPS) is 34.5. The maximum absolute atomic E-state index is 10.6. The average molecular weight is 184 g/mol. The summed E-state index contributed by atoms with van der Waals surface area (Å²) in [6.07, 6.45) is 2.41. The summed E-state index contributed by atoms with van der Waals surface area (Å²) in [6.45, 7) is 3.21. The molecule has 2 rings (SSSR count). The van der Waals surface area contributed by atoms with E-state index in [1.165, 1.54) is 6.42 Å². The van der Waals surface area contributed by atoms with Gasteiger partial charge in [0.25, 0.3) is 0 Å². The van der Waals surface area contributed by atoms with Gasteiger partial charge in [-0.1, -0.05) is 0 Å². The molecule has 4 nitrogen and oxygen atoms in total. The van der Waals surface area contributed by atoms with Crippen LogP contribution in [0.5, 0.6) is 0 Å². The number of hydrogen-bond acceptors (Lipinski definition) is 3. The molecule has 74 valence electrons. The average Bonchev–Trinajstić information content (AvgIpc) is 2.51. The fourth-order valence-electron chi connectivity index (χ4n) is 2.53. The number of aliphatic carboxylic acids is 1. The highest BCUT2D eigenvalue weighted by atomic mass is 16.4. The van der Waals surface area contributed by atoms with Gasteiger partial charge in [0.1, 0.15) is 0 Å². The van der Waals surface area contributed by atoms with Crippen molar-refractivity contribution in [2.75, 3.05) is 26.2 Å². The van der Waals surface area contributed by atoms with Crippen molar-refractivity contribution in [3.63, 3.8) is 0 Å². The summed E-state index contributed by atoms with van der Waals surface area (Å²) in [5.41, 5.74) is 0. The molecule has 0 spiro atoms. The summed E-state index contributed by atoms with van der Waals surface area (Å²) in [7, 11) is 0. The van der Waals surface area contributed by atoms with Gasteiger partial charge in [0, 0.05) is 12.6 Å². The van der Waals surface area contributed by atoms with E-state index in [0.29, 0.717) is 12.0 Å². The summed E-state index contributed by atoms with van der Waals surface area (Å²) in [5.74, 6) is -0.0133. The van der Waals surface area contributed by atoms with Gasteiger partial charge in [-0.2, -0.15) is 0 Å². The van der Waals surface area contributed by atoms with E-state index in [0.717, 1.165) is 26.1 Å². The molecular weight excluding hydrogens is 168 g/mol. The van der Waals surface area contributed by atoms with E-state index in [4.69, 9.17) is 5.11 Å². The molecule has 0 bridgehead atoms. The van der Waals surface area contributed by atoms with Crippen molar-refractivity contribution in [1.82, 2.24) is 10.2 Å². The first-order valence-corrected chi connectivity index (χ1v) is 4.94. The number of nitrogens with one attached hydrogen (secondary N) is 1. The van der Waals surface area contributed by atoms with Crippen LogP contribution in [0, 0.1) is 5.92 Å². The zero-order chi connectivity index (χ0) is 9.26. The Morgan fingerprint density at radius 2 is 2.38 bits per heavy atom. The largest absolute Gasteiger partial charge is 0.480 e. The highest BCUT2D eigenvalue weighted by molar-refractivity contribution is 5.69. The minimum Gasteiger partial charge on any atom is -0.480 e. The van der Waals surface area contributed by atoms with E-state index in [2.05, 4.69) is 10.2 Å². The fourth-order valence-corrected chi connectivity index (χ4v) is 2.53. The lowest BCUT2D eigenvalue weighted by Gasteiger charge is -2.35. The smallest absolute Gasteiger partial charge is 0.317 e. The van der Waals surface area contributed by atoms with E-state index < -0.39 is 5.97 Å². The molecule has 13 heavy (non-hydrogen) atoms. The van der Waals surface area contributed by atoms with E-state index >= 15 is 0 Å². The van der Waals surface area contributed by atoms with Gasteiger partial charge in [-0.3, -0.25) is 9.69 Å². The molecule has 2 unspecified atom stereocenters. The number of nitrogens with zero attached hydrogens (tertiary/aromatic N) is 1. The Morgan fingerprint density at radius 1 is 1.54 bits per heavy atom. The molecule has 0 aromatic rings. The van der Waals surface area contributed by atoms with Gasteiger partial charge in [-0.25, -0.2) is 0 Å². The fraction of sp³-hybridized carbons (Fsp3) is 0.889. The second-order valence-corrected chi connectivity index (χ2v) is 3.99. The first-order chi connectivity index (χ1) is 6.27. The maximum atomic E-state index is 10.6. The second kappa shape index (κ2) is 3.64. The Bertz CT molecular complexity index is 208. The molecule has 2 aliphatic heterocycles. The zero-order valence-electron chi connectivity index (χ0n) is 7.70. The number of carboxylic acids is 1. The van der Waals surface area contributed by atoms with Crippen molar-refractivity contribution in [2.24, 2.45) is 5.92 Å². The molecule has 2 saturated heterocycles. The van der Waals surface area contributed by atoms with Crippen LogP contribution >= 0.6 is 0 Å². The van der Waals surface area contributed by atoms with Gasteiger partial charge >= 0.3 is 5.97 Å². The van der Waals surface area contributed by atoms with Crippen LogP contribution in [-0.4, -0.2) is 48.2 Å². The van der Waals surface area contributed by atoms with Gasteiger partial charge in [0.2, 0.25) is 0 Å². The lowest BCUT2D eigenvalue weighted by molar-refractivity contribution is -0.139. The van der Waals surface area contributed by atoms with Crippen LogP contribution in [0.15, 0.2) is 0 Å². The minimum atomic E-state index is -0.701. The maximum Gasteiger partial charge on any atom is 0.317 e. The standard InChI is InChI=1S/C9H16N2O2/c12-9(13)6-11-3-1-2-7-4-10-5-8(7)11/h7-8,10H,1-6H2,(H,12,13). The lowest BCUT2D eigenvalue weighted by Crippen LogP contribution is -2.47. The summed E-state index contributed by atoms with van der Waals surface area (Å²) < 4.78 is 0. The molecule has 0 aromatic carbocycles. The number of carboxylic acid groups (broad SMARTS) is 1. The van der Waals surface area contributed by atoms with Crippen LogP contribution in [0.1, 0.15) is 12.8 Å². The van der Waals surface area contributed by atoms with Gasteiger partial charge in [-0.15, -0.1) is 0 Å². The number of rotatable bonds is 2. The number of carbonyl (C=O) groups is 1. The van der Waals surface area contributed by atoms with Crippen LogP contribution in [-0.2, 0) is 4.79 Å². The molecule has 2 fully saturated rings. The second-order valence-electron chi connectivity index (χ2n) is 3.99. The molecule has 2 aliphatic rings. The van der Waals surface area contributed by atoms with E-state index in [9.17, 15) is 4.79 Å². The predicted octanol–water partition coefficient (Wildman–Crippen LogP) is -0.245. The van der Waals surface area contributed by atoms with Crippen molar-refractivity contribution < 1.29 is 9.90 Å². The predicted molar refractivity (Wildman–Crippen MR) is 48.6 cm³/mol. The summed E-state index contributed by atoms with van der Waals surface area (Å²) in [4.78, 5) is 12.7. The van der Waals surface area contributed by atoms with E-state index in [1.54, 1.807) is 0 Å². The minimum absolute atomic E-state index is 0.211. The first kappa shape index (κ1) is 8.97. The molecule has 4 heteroatoms. The molecule has 0 saturated carbocycles. The van der Waals surface area contributed by atoms with Crippen molar-refractivity contribution >= 4 is 5.97 Å². The topological polar surface area (TPSA) is 52.6 Å².